The first-order valence-corrected chi connectivity index (χ1v) is 5.31. The molecule has 0 aromatic carbocycles. The second-order valence-corrected chi connectivity index (χ2v) is 3.98. The number of carboxylic acids is 1. The molecule has 0 bridgehead atoms. The zero-order valence-electron chi connectivity index (χ0n) is 9.44. The van der Waals surface area contributed by atoms with Gasteiger partial charge < -0.3 is 14.7 Å². The molecule has 0 aliphatic carbocycles. The fourth-order valence-corrected chi connectivity index (χ4v) is 1.86. The number of carbonyl (C=O) groups is 2. The van der Waals surface area contributed by atoms with Crippen LogP contribution in [0, 0.1) is 5.41 Å². The molecule has 90 valence electrons. The first-order chi connectivity index (χ1) is 7.55. The monoisotopic (exact) mass is 227 g/mol. The molecule has 1 saturated heterocycles. The van der Waals surface area contributed by atoms with Gasteiger partial charge in [0, 0.05) is 13.1 Å². The number of likely N-dealkylation sites (tertiary alicyclic amines) is 1. The van der Waals surface area contributed by atoms with Crippen molar-refractivity contribution in [3.05, 3.63) is 12.7 Å². The third kappa shape index (κ3) is 2.35. The maximum Gasteiger partial charge on any atom is 0.410 e. The lowest BCUT2D eigenvalue weighted by Gasteiger charge is -2.22. The second-order valence-electron chi connectivity index (χ2n) is 3.98. The molecule has 0 spiro atoms. The number of aliphatic carboxylic acids is 1. The first kappa shape index (κ1) is 12.5. The normalized spacial score (nSPS) is 24.2. The van der Waals surface area contributed by atoms with Gasteiger partial charge in [-0.05, 0) is 12.8 Å². The fourth-order valence-electron chi connectivity index (χ4n) is 1.86. The predicted molar refractivity (Wildman–Crippen MR) is 58.1 cm³/mol. The van der Waals surface area contributed by atoms with Crippen LogP contribution in [-0.2, 0) is 9.53 Å². The minimum Gasteiger partial charge on any atom is -0.481 e. The SMILES string of the molecule is C=CCOC(=O)N1CCC(CC)(C(=O)O)C1. The summed E-state index contributed by atoms with van der Waals surface area (Å²) in [6.07, 6.45) is 2.03. The van der Waals surface area contributed by atoms with Gasteiger partial charge in [0.25, 0.3) is 0 Å². The molecule has 0 saturated carbocycles. The largest absolute Gasteiger partial charge is 0.481 e. The van der Waals surface area contributed by atoms with Gasteiger partial charge in [-0.1, -0.05) is 19.6 Å². The Morgan fingerprint density at radius 1 is 1.62 bits per heavy atom. The van der Waals surface area contributed by atoms with Crippen LogP contribution in [0.5, 0.6) is 0 Å². The quantitative estimate of drug-likeness (QED) is 0.739. The van der Waals surface area contributed by atoms with Gasteiger partial charge in [0.2, 0.25) is 0 Å². The lowest BCUT2D eigenvalue weighted by atomic mass is 9.84. The van der Waals surface area contributed by atoms with Crippen molar-refractivity contribution in [1.29, 1.82) is 0 Å². The molecule has 5 nitrogen and oxygen atoms in total. The Labute approximate surface area is 94.7 Å². The summed E-state index contributed by atoms with van der Waals surface area (Å²) >= 11 is 0. The summed E-state index contributed by atoms with van der Waals surface area (Å²) in [5.41, 5.74) is -0.798. The predicted octanol–water partition coefficient (Wildman–Crippen LogP) is 1.50. The van der Waals surface area contributed by atoms with E-state index in [1.165, 1.54) is 11.0 Å². The van der Waals surface area contributed by atoms with Crippen LogP contribution in [0.2, 0.25) is 0 Å². The van der Waals surface area contributed by atoms with Crippen LogP contribution in [0.3, 0.4) is 0 Å². The van der Waals surface area contributed by atoms with E-state index in [4.69, 9.17) is 9.84 Å². The molecule has 0 aromatic heterocycles. The maximum atomic E-state index is 11.5. The molecule has 1 rings (SSSR count). The topological polar surface area (TPSA) is 66.8 Å². The molecular formula is C11H17NO4. The Kier molecular flexibility index (Phi) is 3.93. The summed E-state index contributed by atoms with van der Waals surface area (Å²) in [5, 5.41) is 9.14. The Balaban J connectivity index is 2.60. The van der Waals surface area contributed by atoms with Crippen LogP contribution < -0.4 is 0 Å². The standard InChI is InChI=1S/C11H17NO4/c1-3-7-16-10(15)12-6-5-11(4-2,8-12)9(13)14/h3H,1,4-8H2,2H3,(H,13,14). The molecule has 0 radical (unpaired) electrons. The fraction of sp³-hybridized carbons (Fsp3) is 0.636. The number of rotatable bonds is 4. The van der Waals surface area contributed by atoms with E-state index in [2.05, 4.69) is 6.58 Å². The van der Waals surface area contributed by atoms with Crippen molar-refractivity contribution in [2.24, 2.45) is 5.41 Å². The second kappa shape index (κ2) is 5.01. The van der Waals surface area contributed by atoms with E-state index >= 15 is 0 Å². The number of nitrogens with zero attached hydrogens (tertiary/aromatic N) is 1. The minimum atomic E-state index is -0.839. The van der Waals surface area contributed by atoms with Gasteiger partial charge in [-0.2, -0.15) is 0 Å². The number of hydrogen-bond acceptors (Lipinski definition) is 3. The van der Waals surface area contributed by atoms with E-state index in [0.29, 0.717) is 19.4 Å². The number of amides is 1. The van der Waals surface area contributed by atoms with E-state index in [9.17, 15) is 9.59 Å². The highest BCUT2D eigenvalue weighted by molar-refractivity contribution is 5.77. The molecule has 1 N–H and O–H groups in total. The molecule has 1 fully saturated rings. The van der Waals surface area contributed by atoms with Crippen LogP contribution in [0.4, 0.5) is 4.79 Å². The van der Waals surface area contributed by atoms with Gasteiger partial charge in [0.1, 0.15) is 6.61 Å². The molecule has 1 amide bonds. The highest BCUT2D eigenvalue weighted by atomic mass is 16.6. The van der Waals surface area contributed by atoms with Gasteiger partial charge in [-0.25, -0.2) is 4.79 Å². The maximum absolute atomic E-state index is 11.5. The molecule has 1 aliphatic rings. The Hall–Kier alpha value is -1.52. The van der Waals surface area contributed by atoms with E-state index < -0.39 is 17.5 Å². The molecule has 1 atom stereocenters. The van der Waals surface area contributed by atoms with Crippen molar-refractivity contribution >= 4 is 12.1 Å². The third-order valence-electron chi connectivity index (χ3n) is 3.07. The lowest BCUT2D eigenvalue weighted by Crippen LogP contribution is -2.36. The van der Waals surface area contributed by atoms with Crippen molar-refractivity contribution in [2.45, 2.75) is 19.8 Å². The summed E-state index contributed by atoms with van der Waals surface area (Å²) in [6, 6.07) is 0. The van der Waals surface area contributed by atoms with Crippen LogP contribution in [0.25, 0.3) is 0 Å². The zero-order chi connectivity index (χ0) is 12.2. The molecule has 1 heterocycles. The van der Waals surface area contributed by atoms with E-state index in [-0.39, 0.29) is 13.2 Å². The van der Waals surface area contributed by atoms with Crippen LogP contribution in [0.15, 0.2) is 12.7 Å². The summed E-state index contributed by atoms with van der Waals surface area (Å²) in [4.78, 5) is 24.1. The van der Waals surface area contributed by atoms with Gasteiger partial charge >= 0.3 is 12.1 Å². The molecule has 1 unspecified atom stereocenters. The van der Waals surface area contributed by atoms with Crippen LogP contribution in [-0.4, -0.2) is 41.8 Å². The number of carboxylic acid groups (broad SMARTS) is 1. The molecule has 0 aromatic rings. The summed E-state index contributed by atoms with van der Waals surface area (Å²) in [6.45, 7) is 6.09. The number of ether oxygens (including phenoxy) is 1. The summed E-state index contributed by atoms with van der Waals surface area (Å²) < 4.78 is 4.87. The Bertz CT molecular complexity index is 302. The third-order valence-corrected chi connectivity index (χ3v) is 3.07. The van der Waals surface area contributed by atoms with Gasteiger partial charge in [0.15, 0.2) is 0 Å². The lowest BCUT2D eigenvalue weighted by molar-refractivity contribution is -0.148. The molecular weight excluding hydrogens is 210 g/mol. The van der Waals surface area contributed by atoms with Crippen molar-refractivity contribution in [3.63, 3.8) is 0 Å². The average molecular weight is 227 g/mol. The summed E-state index contributed by atoms with van der Waals surface area (Å²) in [5.74, 6) is -0.839. The van der Waals surface area contributed by atoms with E-state index in [1.54, 1.807) is 0 Å². The van der Waals surface area contributed by atoms with Gasteiger partial charge in [0.05, 0.1) is 5.41 Å². The average Bonchev–Trinajstić information content (AvgIpc) is 2.71. The number of hydrogen-bond donors (Lipinski definition) is 1. The highest BCUT2D eigenvalue weighted by Gasteiger charge is 2.45. The van der Waals surface area contributed by atoms with Crippen molar-refractivity contribution in [3.8, 4) is 0 Å². The highest BCUT2D eigenvalue weighted by Crippen LogP contribution is 2.34. The van der Waals surface area contributed by atoms with E-state index in [0.717, 1.165) is 0 Å². The minimum absolute atomic E-state index is 0.154. The first-order valence-electron chi connectivity index (χ1n) is 5.31. The van der Waals surface area contributed by atoms with Crippen LogP contribution >= 0.6 is 0 Å². The van der Waals surface area contributed by atoms with Crippen molar-refractivity contribution in [1.82, 2.24) is 4.90 Å². The number of carbonyl (C=O) groups excluding carboxylic acids is 1. The van der Waals surface area contributed by atoms with Crippen molar-refractivity contribution in [2.75, 3.05) is 19.7 Å². The zero-order valence-corrected chi connectivity index (χ0v) is 9.44. The molecule has 16 heavy (non-hydrogen) atoms. The van der Waals surface area contributed by atoms with E-state index in [1.807, 2.05) is 6.92 Å². The Morgan fingerprint density at radius 3 is 2.75 bits per heavy atom. The smallest absolute Gasteiger partial charge is 0.410 e. The van der Waals surface area contributed by atoms with Gasteiger partial charge in [-0.15, -0.1) is 0 Å². The molecule has 1 aliphatic heterocycles. The molecule has 5 heteroatoms. The van der Waals surface area contributed by atoms with Crippen molar-refractivity contribution < 1.29 is 19.4 Å². The summed E-state index contributed by atoms with van der Waals surface area (Å²) in [7, 11) is 0. The van der Waals surface area contributed by atoms with Crippen LogP contribution in [0.1, 0.15) is 19.8 Å². The van der Waals surface area contributed by atoms with Gasteiger partial charge in [-0.3, -0.25) is 4.79 Å². The Morgan fingerprint density at radius 2 is 2.31 bits per heavy atom.